The molecule has 0 amide bonds. The zero-order valence-corrected chi connectivity index (χ0v) is 6.29. The average molecular weight is 144 g/mol. The Morgan fingerprint density at radius 1 is 1.00 bits per heavy atom. The first kappa shape index (κ1) is 7.98. The summed E-state index contributed by atoms with van der Waals surface area (Å²) >= 11 is 0. The van der Waals surface area contributed by atoms with Crippen molar-refractivity contribution in [1.82, 2.24) is 4.90 Å². The van der Waals surface area contributed by atoms with Gasteiger partial charge >= 0.3 is 0 Å². The Balaban J connectivity index is 0.000000231. The van der Waals surface area contributed by atoms with Crippen LogP contribution in [0.3, 0.4) is 0 Å². The Hall–Kier alpha value is -0.120. The maximum atomic E-state index is 6.50. The highest BCUT2D eigenvalue weighted by molar-refractivity contribution is 4.78. The van der Waals surface area contributed by atoms with E-state index in [1.165, 1.54) is 38.9 Å². The summed E-state index contributed by atoms with van der Waals surface area (Å²) in [5.74, 6) is 4.61. The Morgan fingerprint density at radius 3 is 1.50 bits per heavy atom. The molecular weight excluding hydrogens is 128 g/mol. The van der Waals surface area contributed by atoms with Crippen LogP contribution in [-0.2, 0) is 0 Å². The molecule has 0 aromatic rings. The average Bonchev–Trinajstić information content (AvgIpc) is 2.11. The molecule has 3 heteroatoms. The van der Waals surface area contributed by atoms with Crippen LogP contribution in [0, 0.1) is 5.92 Å². The number of nitrogens with zero attached hydrogens (tertiary/aromatic N) is 1. The van der Waals surface area contributed by atoms with Gasteiger partial charge in [0.15, 0.2) is 0 Å². The monoisotopic (exact) mass is 144 g/mol. The highest BCUT2D eigenvalue weighted by Gasteiger charge is 2.24. The van der Waals surface area contributed by atoms with E-state index in [0.717, 1.165) is 5.92 Å². The van der Waals surface area contributed by atoms with Gasteiger partial charge in [0, 0.05) is 0 Å². The molecule has 3 rings (SSSR count). The second kappa shape index (κ2) is 3.91. The lowest BCUT2D eigenvalue weighted by molar-refractivity contribution is 0.111. The van der Waals surface area contributed by atoms with Crippen molar-refractivity contribution >= 4 is 0 Å². The second-order valence-corrected chi connectivity index (χ2v) is 3.07. The molecule has 3 fully saturated rings. The normalized spacial score (nSPS) is 36.6. The molecule has 3 aliphatic rings. The highest BCUT2D eigenvalue weighted by atomic mass is 16.4. The third-order valence-corrected chi connectivity index (χ3v) is 2.56. The van der Waals surface area contributed by atoms with E-state index >= 15 is 0 Å². The maximum absolute atomic E-state index is 6.50. The first-order valence-corrected chi connectivity index (χ1v) is 3.93. The number of rotatable bonds is 0. The summed E-state index contributed by atoms with van der Waals surface area (Å²) in [6.45, 7) is 4.18. The van der Waals surface area contributed by atoms with Crippen molar-refractivity contribution in [2.24, 2.45) is 11.8 Å². The fourth-order valence-corrected chi connectivity index (χ4v) is 1.86. The number of fused-ring (bicyclic) bond motifs is 3. The molecule has 3 N–H and O–H groups in total. The molecule has 3 saturated heterocycles. The molecule has 0 unspecified atom stereocenters. The fraction of sp³-hybridized carbons (Fsp3) is 1.00. The van der Waals surface area contributed by atoms with E-state index in [4.69, 9.17) is 5.21 Å². The van der Waals surface area contributed by atoms with Gasteiger partial charge in [-0.2, -0.15) is 0 Å². The maximum Gasteiger partial charge on any atom is -0.00161 e. The molecule has 0 aromatic heterocycles. The van der Waals surface area contributed by atoms with Crippen molar-refractivity contribution in [3.8, 4) is 0 Å². The van der Waals surface area contributed by atoms with E-state index in [2.05, 4.69) is 10.8 Å². The first-order valence-electron chi connectivity index (χ1n) is 3.93. The Labute approximate surface area is 61.8 Å². The third kappa shape index (κ3) is 1.68. The fourth-order valence-electron chi connectivity index (χ4n) is 1.86. The largest absolute Gasteiger partial charge is 0.320 e. The molecular formula is C7H16N2O. The Morgan fingerprint density at radius 2 is 1.40 bits per heavy atom. The molecule has 0 atom stereocenters. The molecule has 3 nitrogen and oxygen atoms in total. The van der Waals surface area contributed by atoms with E-state index in [9.17, 15) is 0 Å². The van der Waals surface area contributed by atoms with Gasteiger partial charge in [-0.3, -0.25) is 0 Å². The van der Waals surface area contributed by atoms with Gasteiger partial charge in [0.05, 0.1) is 0 Å². The van der Waals surface area contributed by atoms with E-state index in [-0.39, 0.29) is 0 Å². The number of hydrogen-bond acceptors (Lipinski definition) is 3. The van der Waals surface area contributed by atoms with Crippen LogP contribution in [-0.4, -0.2) is 29.7 Å². The lowest BCUT2D eigenvalue weighted by Crippen LogP contribution is -2.41. The van der Waals surface area contributed by atoms with Gasteiger partial charge in [-0.05, 0) is 44.8 Å². The summed E-state index contributed by atoms with van der Waals surface area (Å²) in [5, 5.41) is 6.50. The number of nitrogens with two attached hydrogens (primary N) is 1. The molecule has 0 aliphatic carbocycles. The van der Waals surface area contributed by atoms with Crippen molar-refractivity contribution in [2.45, 2.75) is 19.3 Å². The van der Waals surface area contributed by atoms with Crippen LogP contribution in [0.15, 0.2) is 0 Å². The molecule has 10 heavy (non-hydrogen) atoms. The predicted octanol–water partition coefficient (Wildman–Crippen LogP) is 0.436. The summed E-state index contributed by atoms with van der Waals surface area (Å²) in [4.78, 5) is 2.58. The summed E-state index contributed by atoms with van der Waals surface area (Å²) in [7, 11) is 0. The van der Waals surface area contributed by atoms with Gasteiger partial charge in [-0.15, -0.1) is 0 Å². The predicted molar refractivity (Wildman–Crippen MR) is 39.8 cm³/mol. The summed E-state index contributed by atoms with van der Waals surface area (Å²) in [6.07, 6.45) is 4.46. The summed E-state index contributed by atoms with van der Waals surface area (Å²) in [5.41, 5.74) is 0. The number of piperidine rings is 3. The molecule has 3 aliphatic heterocycles. The quantitative estimate of drug-likeness (QED) is 0.485. The standard InChI is InChI=1S/C7H13N.H3NO/c1-4-8-5-2-7(1)3-6-8;1-2/h7H,1-6H2;2H,1H2. The Bertz CT molecular complexity index is 66.6. The van der Waals surface area contributed by atoms with Gasteiger partial charge in [-0.25, -0.2) is 5.90 Å². The van der Waals surface area contributed by atoms with Crippen LogP contribution in [0.2, 0.25) is 0 Å². The molecule has 0 radical (unpaired) electrons. The second-order valence-electron chi connectivity index (χ2n) is 3.07. The van der Waals surface area contributed by atoms with E-state index in [0.29, 0.717) is 0 Å². The lowest BCUT2D eigenvalue weighted by Gasteiger charge is -2.38. The minimum Gasteiger partial charge on any atom is -0.320 e. The van der Waals surface area contributed by atoms with Crippen LogP contribution in [0.4, 0.5) is 0 Å². The minimum absolute atomic E-state index is 1.11. The van der Waals surface area contributed by atoms with Crippen molar-refractivity contribution < 1.29 is 5.21 Å². The van der Waals surface area contributed by atoms with Crippen LogP contribution in [0.25, 0.3) is 0 Å². The zero-order valence-electron chi connectivity index (χ0n) is 6.29. The smallest absolute Gasteiger partial charge is 0.00161 e. The third-order valence-electron chi connectivity index (χ3n) is 2.56. The minimum atomic E-state index is 1.11. The Kier molecular flexibility index (Phi) is 3.12. The van der Waals surface area contributed by atoms with E-state index < -0.39 is 0 Å². The van der Waals surface area contributed by atoms with Gasteiger partial charge < -0.3 is 10.1 Å². The van der Waals surface area contributed by atoms with E-state index in [1.54, 1.807) is 0 Å². The van der Waals surface area contributed by atoms with Crippen LogP contribution in [0.5, 0.6) is 0 Å². The zero-order chi connectivity index (χ0) is 7.40. The summed E-state index contributed by atoms with van der Waals surface area (Å²) < 4.78 is 0. The lowest BCUT2D eigenvalue weighted by atomic mass is 9.89. The highest BCUT2D eigenvalue weighted by Crippen LogP contribution is 2.26. The van der Waals surface area contributed by atoms with Gasteiger partial charge in [0.25, 0.3) is 0 Å². The van der Waals surface area contributed by atoms with Crippen molar-refractivity contribution in [3.05, 3.63) is 0 Å². The molecule has 2 bridgehead atoms. The van der Waals surface area contributed by atoms with Crippen LogP contribution >= 0.6 is 0 Å². The molecule has 60 valence electrons. The molecule has 0 saturated carbocycles. The van der Waals surface area contributed by atoms with E-state index in [1.807, 2.05) is 0 Å². The van der Waals surface area contributed by atoms with Gasteiger partial charge in [-0.1, -0.05) is 0 Å². The molecule has 0 aromatic carbocycles. The van der Waals surface area contributed by atoms with Crippen LogP contribution < -0.4 is 5.90 Å². The molecule has 3 heterocycles. The van der Waals surface area contributed by atoms with Crippen molar-refractivity contribution in [1.29, 1.82) is 0 Å². The first-order chi connectivity index (χ1) is 4.95. The SMILES string of the molecule is C1CN2CCC1CC2.NO. The van der Waals surface area contributed by atoms with Gasteiger partial charge in [0.1, 0.15) is 0 Å². The molecule has 0 spiro atoms. The van der Waals surface area contributed by atoms with Crippen LogP contribution in [0.1, 0.15) is 19.3 Å². The summed E-state index contributed by atoms with van der Waals surface area (Å²) in [6, 6.07) is 0. The van der Waals surface area contributed by atoms with Gasteiger partial charge in [0.2, 0.25) is 0 Å². The topological polar surface area (TPSA) is 49.5 Å². The number of hydrogen-bond donors (Lipinski definition) is 2. The van der Waals surface area contributed by atoms with Crippen molar-refractivity contribution in [2.75, 3.05) is 19.6 Å². The van der Waals surface area contributed by atoms with Crippen molar-refractivity contribution in [3.63, 3.8) is 0 Å².